The van der Waals surface area contributed by atoms with Gasteiger partial charge in [0.1, 0.15) is 17.3 Å². The molecule has 1 saturated heterocycles. The third-order valence-corrected chi connectivity index (χ3v) is 6.57. The van der Waals surface area contributed by atoms with Crippen LogP contribution in [-0.4, -0.2) is 41.5 Å². The summed E-state index contributed by atoms with van der Waals surface area (Å²) in [5.41, 5.74) is 2.32. The lowest BCUT2D eigenvalue weighted by atomic mass is 9.95. The van der Waals surface area contributed by atoms with E-state index in [1.807, 2.05) is 67.6 Å². The van der Waals surface area contributed by atoms with E-state index in [-0.39, 0.29) is 11.3 Å². The van der Waals surface area contributed by atoms with E-state index in [9.17, 15) is 14.7 Å². The summed E-state index contributed by atoms with van der Waals surface area (Å²) in [4.78, 5) is 28.2. The maximum atomic E-state index is 13.4. The molecule has 1 unspecified atom stereocenters. The highest BCUT2D eigenvalue weighted by atomic mass is 16.5. The molecule has 6 nitrogen and oxygen atoms in total. The SMILES string of the molecule is CCCCOc1cccc(/C(O)=C2\C(=O)C(=O)N(CCc3ccccc3)C2c2ccc(OCCC)cc2)c1. The number of ketones is 1. The number of hydrogen-bond acceptors (Lipinski definition) is 5. The van der Waals surface area contributed by atoms with E-state index in [2.05, 4.69) is 6.92 Å². The Morgan fingerprint density at radius 2 is 1.58 bits per heavy atom. The van der Waals surface area contributed by atoms with Crippen LogP contribution in [0.3, 0.4) is 0 Å². The van der Waals surface area contributed by atoms with Crippen molar-refractivity contribution in [2.75, 3.05) is 19.8 Å². The van der Waals surface area contributed by atoms with E-state index in [1.165, 1.54) is 0 Å². The normalized spacial score (nSPS) is 16.6. The van der Waals surface area contributed by atoms with Crippen molar-refractivity contribution in [1.29, 1.82) is 0 Å². The molecule has 0 aromatic heterocycles. The Bertz CT molecular complexity index is 1270. The van der Waals surface area contributed by atoms with Gasteiger partial charge < -0.3 is 19.5 Å². The van der Waals surface area contributed by atoms with Crippen LogP contribution in [0.4, 0.5) is 0 Å². The number of likely N-dealkylation sites (tertiary alicyclic amines) is 1. The summed E-state index contributed by atoms with van der Waals surface area (Å²) >= 11 is 0. The van der Waals surface area contributed by atoms with E-state index >= 15 is 0 Å². The van der Waals surface area contributed by atoms with E-state index < -0.39 is 17.7 Å². The number of Topliss-reactive ketones (excluding diaryl/α,β-unsaturated/α-hetero) is 1. The molecule has 1 heterocycles. The van der Waals surface area contributed by atoms with Crippen LogP contribution in [0, 0.1) is 0 Å². The first-order valence-electron chi connectivity index (χ1n) is 13.3. The number of ether oxygens (including phenoxy) is 2. The monoisotopic (exact) mass is 513 g/mol. The summed E-state index contributed by atoms with van der Waals surface area (Å²) in [5, 5.41) is 11.4. The summed E-state index contributed by atoms with van der Waals surface area (Å²) in [7, 11) is 0. The van der Waals surface area contributed by atoms with E-state index in [0.717, 1.165) is 30.4 Å². The number of hydrogen-bond donors (Lipinski definition) is 1. The Kier molecular flexibility index (Phi) is 9.20. The number of carbonyl (C=O) groups is 2. The van der Waals surface area contributed by atoms with Gasteiger partial charge in [-0.25, -0.2) is 0 Å². The quantitative estimate of drug-likeness (QED) is 0.133. The molecule has 1 aliphatic rings. The second-order valence-corrected chi connectivity index (χ2v) is 9.38. The number of unbranched alkanes of at least 4 members (excludes halogenated alkanes) is 1. The molecule has 0 bridgehead atoms. The molecular weight excluding hydrogens is 478 g/mol. The van der Waals surface area contributed by atoms with Gasteiger partial charge in [-0.3, -0.25) is 9.59 Å². The van der Waals surface area contributed by atoms with Crippen molar-refractivity contribution in [2.45, 2.75) is 45.6 Å². The van der Waals surface area contributed by atoms with Crippen molar-refractivity contribution in [1.82, 2.24) is 4.90 Å². The average Bonchev–Trinajstić information content (AvgIpc) is 3.20. The third kappa shape index (κ3) is 6.25. The Morgan fingerprint density at radius 1 is 0.842 bits per heavy atom. The highest BCUT2D eigenvalue weighted by molar-refractivity contribution is 6.46. The van der Waals surface area contributed by atoms with Gasteiger partial charge in [0.25, 0.3) is 11.7 Å². The molecule has 4 rings (SSSR count). The number of amides is 1. The van der Waals surface area contributed by atoms with Crippen LogP contribution in [0.1, 0.15) is 55.8 Å². The van der Waals surface area contributed by atoms with Gasteiger partial charge in [-0.15, -0.1) is 0 Å². The van der Waals surface area contributed by atoms with Crippen molar-refractivity contribution < 1.29 is 24.2 Å². The fraction of sp³-hybridized carbons (Fsp3) is 0.312. The van der Waals surface area contributed by atoms with Gasteiger partial charge in [0.2, 0.25) is 0 Å². The van der Waals surface area contributed by atoms with Gasteiger partial charge in [-0.05, 0) is 54.7 Å². The molecule has 198 valence electrons. The molecule has 3 aromatic carbocycles. The molecule has 38 heavy (non-hydrogen) atoms. The number of rotatable bonds is 12. The molecule has 1 fully saturated rings. The molecule has 0 aliphatic carbocycles. The van der Waals surface area contributed by atoms with E-state index in [4.69, 9.17) is 9.47 Å². The molecule has 0 radical (unpaired) electrons. The van der Waals surface area contributed by atoms with Gasteiger partial charge in [0.15, 0.2) is 0 Å². The highest BCUT2D eigenvalue weighted by Crippen LogP contribution is 2.40. The molecular formula is C32H35NO5. The number of aliphatic hydroxyl groups excluding tert-OH is 1. The molecule has 3 aromatic rings. The van der Waals surface area contributed by atoms with Crippen LogP contribution in [0.25, 0.3) is 5.76 Å². The fourth-order valence-electron chi connectivity index (χ4n) is 4.54. The molecule has 1 atom stereocenters. The van der Waals surface area contributed by atoms with Gasteiger partial charge in [0, 0.05) is 12.1 Å². The maximum absolute atomic E-state index is 13.4. The zero-order valence-electron chi connectivity index (χ0n) is 22.1. The lowest BCUT2D eigenvalue weighted by molar-refractivity contribution is -0.139. The minimum absolute atomic E-state index is 0.0796. The first-order chi connectivity index (χ1) is 18.5. The summed E-state index contributed by atoms with van der Waals surface area (Å²) in [5.74, 6) is -0.190. The lowest BCUT2D eigenvalue weighted by Gasteiger charge is -2.25. The van der Waals surface area contributed by atoms with Crippen LogP contribution in [0.15, 0.2) is 84.4 Å². The molecule has 1 N–H and O–H groups in total. The number of aliphatic hydroxyl groups is 1. The molecule has 0 saturated carbocycles. The minimum atomic E-state index is -0.719. The zero-order chi connectivity index (χ0) is 26.9. The van der Waals surface area contributed by atoms with Gasteiger partial charge in [-0.2, -0.15) is 0 Å². The first kappa shape index (κ1) is 27.0. The van der Waals surface area contributed by atoms with Crippen molar-refractivity contribution in [2.24, 2.45) is 0 Å². The summed E-state index contributed by atoms with van der Waals surface area (Å²) in [6, 6.07) is 23.5. The largest absolute Gasteiger partial charge is 0.507 e. The maximum Gasteiger partial charge on any atom is 0.295 e. The summed E-state index contributed by atoms with van der Waals surface area (Å²) in [6.45, 7) is 5.64. The van der Waals surface area contributed by atoms with Crippen molar-refractivity contribution in [3.63, 3.8) is 0 Å². The van der Waals surface area contributed by atoms with Crippen LogP contribution < -0.4 is 9.47 Å². The van der Waals surface area contributed by atoms with Crippen molar-refractivity contribution in [3.8, 4) is 11.5 Å². The van der Waals surface area contributed by atoms with Gasteiger partial charge in [-0.1, -0.05) is 74.9 Å². The van der Waals surface area contributed by atoms with Crippen molar-refractivity contribution >= 4 is 17.4 Å². The molecule has 1 amide bonds. The predicted molar refractivity (Wildman–Crippen MR) is 148 cm³/mol. The third-order valence-electron chi connectivity index (χ3n) is 6.57. The second kappa shape index (κ2) is 13.0. The van der Waals surface area contributed by atoms with E-state index in [0.29, 0.717) is 43.2 Å². The topological polar surface area (TPSA) is 76.1 Å². The van der Waals surface area contributed by atoms with Crippen LogP contribution in [0.2, 0.25) is 0 Å². The van der Waals surface area contributed by atoms with Crippen molar-refractivity contribution in [3.05, 3.63) is 101 Å². The second-order valence-electron chi connectivity index (χ2n) is 9.38. The van der Waals surface area contributed by atoms with Crippen LogP contribution >= 0.6 is 0 Å². The zero-order valence-corrected chi connectivity index (χ0v) is 22.1. The van der Waals surface area contributed by atoms with Crippen LogP contribution in [0.5, 0.6) is 11.5 Å². The number of carbonyl (C=O) groups excluding carboxylic acids is 2. The Labute approximate surface area is 224 Å². The van der Waals surface area contributed by atoms with Crippen LogP contribution in [-0.2, 0) is 16.0 Å². The summed E-state index contributed by atoms with van der Waals surface area (Å²) < 4.78 is 11.5. The summed E-state index contributed by atoms with van der Waals surface area (Å²) in [6.07, 6.45) is 3.40. The Hall–Kier alpha value is -4.06. The van der Waals surface area contributed by atoms with E-state index in [1.54, 1.807) is 23.1 Å². The first-order valence-corrected chi connectivity index (χ1v) is 13.3. The Balaban J connectivity index is 1.71. The molecule has 0 spiro atoms. The smallest absolute Gasteiger partial charge is 0.295 e. The van der Waals surface area contributed by atoms with Gasteiger partial charge in [0.05, 0.1) is 24.8 Å². The minimum Gasteiger partial charge on any atom is -0.507 e. The predicted octanol–water partition coefficient (Wildman–Crippen LogP) is 6.32. The highest BCUT2D eigenvalue weighted by Gasteiger charge is 2.45. The molecule has 6 heteroatoms. The fourth-order valence-corrected chi connectivity index (χ4v) is 4.54. The standard InChI is InChI=1S/C32H35NO5/c1-3-5-21-38-27-13-9-12-25(22-27)30(34)28-29(24-14-16-26(17-15-24)37-20-4-2)33(32(36)31(28)35)19-18-23-10-7-6-8-11-23/h6-17,22,29,34H,3-5,18-21H2,1-2H3/b30-28+. The van der Waals surface area contributed by atoms with Gasteiger partial charge >= 0.3 is 0 Å². The molecule has 1 aliphatic heterocycles. The number of nitrogens with zero attached hydrogens (tertiary/aromatic N) is 1. The number of benzene rings is 3. The average molecular weight is 514 g/mol. The lowest BCUT2D eigenvalue weighted by Crippen LogP contribution is -2.31. The Morgan fingerprint density at radius 3 is 2.29 bits per heavy atom.